The van der Waals surface area contributed by atoms with Crippen LogP contribution in [0.5, 0.6) is 0 Å². The Balaban J connectivity index is 1.48. The summed E-state index contributed by atoms with van der Waals surface area (Å²) in [5.41, 5.74) is 5.68. The van der Waals surface area contributed by atoms with E-state index in [0.29, 0.717) is 5.75 Å². The number of hydrogen-bond acceptors (Lipinski definition) is 5. The number of aryl methyl sites for hydroxylation is 1. The van der Waals surface area contributed by atoms with Crippen molar-refractivity contribution in [1.29, 1.82) is 0 Å². The van der Waals surface area contributed by atoms with Crippen LogP contribution in [0.4, 0.5) is 0 Å². The smallest absolute Gasteiger partial charge is 0.258 e. The minimum atomic E-state index is -0.0382. The molecule has 0 atom stereocenters. The van der Waals surface area contributed by atoms with Crippen molar-refractivity contribution in [2.75, 3.05) is 0 Å². The SMILES string of the molecule is Cc1csc2nc(CSc3nc(-c4ccccc4)c(-c4ccccc4)[nH]3)cc(=O)n12. The normalized spacial score (nSPS) is 11.2. The molecule has 0 saturated carbocycles. The van der Waals surface area contributed by atoms with Gasteiger partial charge in [0.1, 0.15) is 0 Å². The molecule has 0 radical (unpaired) electrons. The lowest BCUT2D eigenvalue weighted by Crippen LogP contribution is -2.14. The van der Waals surface area contributed by atoms with E-state index in [1.54, 1.807) is 22.2 Å². The van der Waals surface area contributed by atoms with Crippen LogP contribution < -0.4 is 5.56 Å². The van der Waals surface area contributed by atoms with E-state index in [0.717, 1.165) is 44.0 Å². The molecule has 0 fully saturated rings. The van der Waals surface area contributed by atoms with Gasteiger partial charge < -0.3 is 4.98 Å². The fourth-order valence-corrected chi connectivity index (χ4v) is 5.01. The Hall–Kier alpha value is -3.16. The predicted octanol–water partition coefficient (Wildman–Crippen LogP) is 5.41. The Morgan fingerprint density at radius 3 is 2.43 bits per heavy atom. The van der Waals surface area contributed by atoms with Gasteiger partial charge in [0.05, 0.1) is 17.1 Å². The van der Waals surface area contributed by atoms with Gasteiger partial charge in [-0.25, -0.2) is 9.97 Å². The van der Waals surface area contributed by atoms with Crippen LogP contribution in [0.1, 0.15) is 11.4 Å². The average Bonchev–Trinajstić information content (AvgIpc) is 3.38. The summed E-state index contributed by atoms with van der Waals surface area (Å²) in [6.45, 7) is 1.92. The molecule has 0 aliphatic carbocycles. The number of imidazole rings is 1. The summed E-state index contributed by atoms with van der Waals surface area (Å²) in [7, 11) is 0. The van der Waals surface area contributed by atoms with E-state index in [1.807, 2.05) is 48.7 Å². The first-order chi connectivity index (χ1) is 14.7. The van der Waals surface area contributed by atoms with Crippen LogP contribution in [0.25, 0.3) is 27.5 Å². The number of aromatic amines is 1. The molecule has 2 aromatic carbocycles. The van der Waals surface area contributed by atoms with Crippen LogP contribution in [0.2, 0.25) is 0 Å². The van der Waals surface area contributed by atoms with Gasteiger partial charge in [-0.15, -0.1) is 11.3 Å². The van der Waals surface area contributed by atoms with Crippen LogP contribution in [0, 0.1) is 6.92 Å². The zero-order chi connectivity index (χ0) is 20.5. The number of thiazole rings is 1. The number of thioether (sulfide) groups is 1. The Bertz CT molecular complexity index is 1310. The van der Waals surface area contributed by atoms with E-state index in [-0.39, 0.29) is 5.56 Å². The molecule has 1 N–H and O–H groups in total. The van der Waals surface area contributed by atoms with Crippen LogP contribution in [0.15, 0.2) is 82.1 Å². The van der Waals surface area contributed by atoms with Gasteiger partial charge in [0, 0.05) is 34.0 Å². The number of hydrogen-bond donors (Lipinski definition) is 1. The first-order valence-corrected chi connectivity index (χ1v) is 11.4. The molecular weight excluding hydrogens is 412 g/mol. The van der Waals surface area contributed by atoms with Gasteiger partial charge in [-0.1, -0.05) is 72.4 Å². The third kappa shape index (κ3) is 3.58. The van der Waals surface area contributed by atoms with E-state index in [9.17, 15) is 4.79 Å². The minimum Gasteiger partial charge on any atom is -0.332 e. The lowest BCUT2D eigenvalue weighted by molar-refractivity contribution is 0.994. The predicted molar refractivity (Wildman–Crippen MR) is 123 cm³/mol. The van der Waals surface area contributed by atoms with Crippen molar-refractivity contribution in [3.8, 4) is 22.5 Å². The Labute approximate surface area is 181 Å². The second-order valence-electron chi connectivity index (χ2n) is 6.87. The highest BCUT2D eigenvalue weighted by Gasteiger charge is 2.15. The first kappa shape index (κ1) is 18.8. The zero-order valence-corrected chi connectivity index (χ0v) is 17.8. The molecule has 0 aliphatic rings. The summed E-state index contributed by atoms with van der Waals surface area (Å²) < 4.78 is 1.65. The van der Waals surface area contributed by atoms with E-state index >= 15 is 0 Å². The largest absolute Gasteiger partial charge is 0.332 e. The van der Waals surface area contributed by atoms with E-state index in [2.05, 4.69) is 34.2 Å². The molecule has 5 aromatic rings. The lowest BCUT2D eigenvalue weighted by Gasteiger charge is -2.02. The maximum absolute atomic E-state index is 12.4. The zero-order valence-electron chi connectivity index (χ0n) is 16.2. The van der Waals surface area contributed by atoms with Crippen molar-refractivity contribution in [3.63, 3.8) is 0 Å². The van der Waals surface area contributed by atoms with Gasteiger partial charge in [-0.2, -0.15) is 0 Å². The number of aromatic nitrogens is 4. The van der Waals surface area contributed by atoms with E-state index in [1.165, 1.54) is 11.3 Å². The lowest BCUT2D eigenvalue weighted by atomic mass is 10.1. The van der Waals surface area contributed by atoms with Crippen molar-refractivity contribution >= 4 is 28.1 Å². The molecule has 0 spiro atoms. The fraction of sp³-hybridized carbons (Fsp3) is 0.0870. The number of nitrogens with one attached hydrogen (secondary N) is 1. The molecule has 0 amide bonds. The molecule has 148 valence electrons. The summed E-state index contributed by atoms with van der Waals surface area (Å²) >= 11 is 3.03. The monoisotopic (exact) mass is 430 g/mol. The summed E-state index contributed by atoms with van der Waals surface area (Å²) in [6.07, 6.45) is 0. The van der Waals surface area contributed by atoms with Crippen molar-refractivity contribution < 1.29 is 0 Å². The van der Waals surface area contributed by atoms with Gasteiger partial charge in [0.25, 0.3) is 5.56 Å². The van der Waals surface area contributed by atoms with Gasteiger partial charge >= 0.3 is 0 Å². The number of rotatable bonds is 5. The maximum Gasteiger partial charge on any atom is 0.258 e. The molecule has 5 rings (SSSR count). The van der Waals surface area contributed by atoms with Crippen LogP contribution in [-0.2, 0) is 5.75 Å². The molecule has 0 bridgehead atoms. The van der Waals surface area contributed by atoms with Gasteiger partial charge in [-0.05, 0) is 6.92 Å². The first-order valence-electron chi connectivity index (χ1n) is 9.49. The topological polar surface area (TPSA) is 63.0 Å². The quantitative estimate of drug-likeness (QED) is 0.379. The summed E-state index contributed by atoms with van der Waals surface area (Å²) in [4.78, 5) is 26.1. The Kier molecular flexibility index (Phi) is 4.98. The van der Waals surface area contributed by atoms with Gasteiger partial charge in [0.15, 0.2) is 10.1 Å². The average molecular weight is 431 g/mol. The van der Waals surface area contributed by atoms with E-state index in [4.69, 9.17) is 4.98 Å². The molecule has 5 nitrogen and oxygen atoms in total. The summed E-state index contributed by atoms with van der Waals surface area (Å²) in [5.74, 6) is 0.568. The molecule has 3 aromatic heterocycles. The maximum atomic E-state index is 12.4. The van der Waals surface area contributed by atoms with Gasteiger partial charge in [0.2, 0.25) is 0 Å². The van der Waals surface area contributed by atoms with Crippen LogP contribution in [0.3, 0.4) is 0 Å². The number of benzene rings is 2. The van der Waals surface area contributed by atoms with Crippen molar-refractivity contribution in [2.24, 2.45) is 0 Å². The molecule has 0 unspecified atom stereocenters. The Morgan fingerprint density at radius 2 is 1.70 bits per heavy atom. The van der Waals surface area contributed by atoms with Crippen molar-refractivity contribution in [2.45, 2.75) is 17.8 Å². The fourth-order valence-electron chi connectivity index (χ4n) is 3.36. The highest BCUT2D eigenvalue weighted by molar-refractivity contribution is 7.98. The molecule has 0 saturated heterocycles. The third-order valence-corrected chi connectivity index (χ3v) is 6.63. The van der Waals surface area contributed by atoms with Gasteiger partial charge in [-0.3, -0.25) is 9.20 Å². The van der Waals surface area contributed by atoms with E-state index < -0.39 is 0 Å². The molecule has 30 heavy (non-hydrogen) atoms. The molecule has 7 heteroatoms. The highest BCUT2D eigenvalue weighted by atomic mass is 32.2. The molecule has 0 aliphatic heterocycles. The number of fused-ring (bicyclic) bond motifs is 1. The Morgan fingerprint density at radius 1 is 1.00 bits per heavy atom. The third-order valence-electron chi connectivity index (χ3n) is 4.78. The molecule has 3 heterocycles. The van der Waals surface area contributed by atoms with Crippen LogP contribution in [-0.4, -0.2) is 19.4 Å². The summed E-state index contributed by atoms with van der Waals surface area (Å²) in [5, 5.41) is 2.75. The van der Waals surface area contributed by atoms with Crippen molar-refractivity contribution in [3.05, 3.63) is 93.9 Å². The summed E-state index contributed by atoms with van der Waals surface area (Å²) in [6, 6.07) is 22.0. The second kappa shape index (κ2) is 7.93. The molecular formula is C23H18N4OS2. The number of nitrogens with zero attached hydrogens (tertiary/aromatic N) is 3. The number of H-pyrrole nitrogens is 1. The standard InChI is InChI=1S/C23H18N4OS2/c1-15-13-30-23-24-18(12-19(28)27(15)23)14-29-22-25-20(16-8-4-2-5-9-16)21(26-22)17-10-6-3-7-11-17/h2-13H,14H2,1H3,(H,25,26). The minimum absolute atomic E-state index is 0.0382. The van der Waals surface area contributed by atoms with Crippen LogP contribution >= 0.6 is 23.1 Å². The highest BCUT2D eigenvalue weighted by Crippen LogP contribution is 2.33. The van der Waals surface area contributed by atoms with Crippen molar-refractivity contribution in [1.82, 2.24) is 19.4 Å². The second-order valence-corrected chi connectivity index (χ2v) is 8.67.